The van der Waals surface area contributed by atoms with Crippen LogP contribution in [0.15, 0.2) is 109 Å². The van der Waals surface area contributed by atoms with Crippen LogP contribution in [0, 0.1) is 0 Å². The molecule has 0 nitrogen and oxygen atoms in total. The SMILES string of the molecule is C[Si](C)=[Zr+2].[Cl-].[Cl-].c1ccc(CCC[c-]2cccc2)cc1.c1ccc(CCC[c-]2cccc2)cc1. The van der Waals surface area contributed by atoms with Gasteiger partial charge in [-0.05, 0) is 24.0 Å². The fourth-order valence-electron chi connectivity index (χ4n) is 3.44. The number of aryl methyl sites for hydroxylation is 4. The second-order valence-electron chi connectivity index (χ2n) is 8.26. The summed E-state index contributed by atoms with van der Waals surface area (Å²) in [6.45, 7) is 4.62. The number of halogens is 2. The Morgan fingerprint density at radius 2 is 0.853 bits per heavy atom. The van der Waals surface area contributed by atoms with Crippen LogP contribution in [0.4, 0.5) is 0 Å². The third-order valence-corrected chi connectivity index (χ3v) is 5.01. The zero-order valence-electron chi connectivity index (χ0n) is 20.4. The molecule has 0 aliphatic carbocycles. The topological polar surface area (TPSA) is 0 Å². The first-order valence-corrected chi connectivity index (χ1v) is 17.8. The molecule has 4 aromatic rings. The maximum absolute atomic E-state index is 2.31. The Morgan fingerprint density at radius 3 is 1.15 bits per heavy atom. The van der Waals surface area contributed by atoms with Crippen molar-refractivity contribution >= 4 is 5.43 Å². The normalized spacial score (nSPS) is 9.29. The number of hydrogen-bond donors (Lipinski definition) is 0. The van der Waals surface area contributed by atoms with E-state index >= 15 is 0 Å². The predicted octanol–water partition coefficient (Wildman–Crippen LogP) is 1.95. The maximum atomic E-state index is 2.31. The molecule has 0 atom stereocenters. The van der Waals surface area contributed by atoms with Gasteiger partial charge in [0.05, 0.1) is 0 Å². The van der Waals surface area contributed by atoms with E-state index in [0.717, 1.165) is 0 Å². The van der Waals surface area contributed by atoms with E-state index in [4.69, 9.17) is 0 Å². The summed E-state index contributed by atoms with van der Waals surface area (Å²) < 4.78 is 0. The molecule has 4 aromatic carbocycles. The average Bonchev–Trinajstić information content (AvgIpc) is 3.50. The largest absolute Gasteiger partial charge is 1.00 e. The molecule has 180 valence electrons. The van der Waals surface area contributed by atoms with Crippen LogP contribution < -0.4 is 24.8 Å². The van der Waals surface area contributed by atoms with E-state index in [1.165, 1.54) is 60.8 Å². The van der Waals surface area contributed by atoms with Crippen molar-refractivity contribution in [1.29, 1.82) is 0 Å². The molecule has 34 heavy (non-hydrogen) atoms. The van der Waals surface area contributed by atoms with E-state index in [9.17, 15) is 0 Å². The fraction of sp³-hybridized carbons (Fsp3) is 0.267. The Hall–Kier alpha value is -1.18. The quantitative estimate of drug-likeness (QED) is 0.219. The fourth-order valence-corrected chi connectivity index (χ4v) is 3.44. The van der Waals surface area contributed by atoms with Gasteiger partial charge in [-0.25, -0.2) is 24.3 Å². The maximum Gasteiger partial charge on any atom is -0.0285 e. The van der Waals surface area contributed by atoms with Crippen LogP contribution in [0.25, 0.3) is 0 Å². The predicted molar refractivity (Wildman–Crippen MR) is 138 cm³/mol. The molecule has 0 aromatic heterocycles. The summed E-state index contributed by atoms with van der Waals surface area (Å²) in [5.41, 5.74) is 6.02. The minimum absolute atomic E-state index is 0. The van der Waals surface area contributed by atoms with Gasteiger partial charge in [0.1, 0.15) is 0 Å². The van der Waals surface area contributed by atoms with Gasteiger partial charge in [0.2, 0.25) is 0 Å². The van der Waals surface area contributed by atoms with Gasteiger partial charge in [-0.3, -0.25) is 0 Å². The van der Waals surface area contributed by atoms with Crippen molar-refractivity contribution in [1.82, 2.24) is 0 Å². The minimum atomic E-state index is 0. The van der Waals surface area contributed by atoms with Gasteiger partial charge in [0, 0.05) is 0 Å². The van der Waals surface area contributed by atoms with Crippen molar-refractivity contribution in [2.24, 2.45) is 0 Å². The van der Waals surface area contributed by atoms with Crippen molar-refractivity contribution in [3.63, 3.8) is 0 Å². The summed E-state index contributed by atoms with van der Waals surface area (Å²) in [7, 11) is 0. The van der Waals surface area contributed by atoms with Crippen LogP contribution >= 0.6 is 0 Å². The van der Waals surface area contributed by atoms with Crippen LogP contribution in [0.1, 0.15) is 35.1 Å². The van der Waals surface area contributed by atoms with Gasteiger partial charge in [0.15, 0.2) is 0 Å². The third-order valence-electron chi connectivity index (χ3n) is 5.01. The van der Waals surface area contributed by atoms with Gasteiger partial charge >= 0.3 is 41.9 Å². The van der Waals surface area contributed by atoms with Crippen molar-refractivity contribution < 1.29 is 48.1 Å². The first kappa shape index (κ1) is 32.8. The summed E-state index contributed by atoms with van der Waals surface area (Å²) in [6.07, 6.45) is 7.25. The van der Waals surface area contributed by atoms with Crippen LogP contribution in [0.2, 0.25) is 13.1 Å². The monoisotopic (exact) mass is 584 g/mol. The van der Waals surface area contributed by atoms with Gasteiger partial charge in [-0.1, -0.05) is 86.3 Å². The molecule has 0 saturated carbocycles. The molecular weight excluding hydrogens is 551 g/mol. The number of benzene rings is 2. The standard InChI is InChI=1S/2C14H15.C2H6Si.2ClH.Zr/c2*1-2-7-13(8-3-1)11-6-12-14-9-4-5-10-14;1-3-2;;;/h2*1-5,7-10H,6,11-12H2;1-2H3;2*1H;/q2*-1;;;;+2/p-2. The van der Waals surface area contributed by atoms with E-state index in [2.05, 4.69) is 122 Å². The molecule has 0 unspecified atom stereocenters. The summed E-state index contributed by atoms with van der Waals surface area (Å²) in [5.74, 6) is 0. The van der Waals surface area contributed by atoms with Crippen LogP contribution in [-0.2, 0) is 49.0 Å². The average molecular weight is 587 g/mol. The summed E-state index contributed by atoms with van der Waals surface area (Å²) in [5, 5.41) is 0. The molecule has 0 aliphatic rings. The van der Waals surface area contributed by atoms with Crippen molar-refractivity contribution in [3.8, 4) is 0 Å². The van der Waals surface area contributed by atoms with Crippen molar-refractivity contribution in [3.05, 3.63) is 131 Å². The molecule has 0 N–H and O–H groups in total. The Labute approximate surface area is 235 Å². The Kier molecular flexibility index (Phi) is 20.4. The smallest absolute Gasteiger partial charge is 0.0285 e. The van der Waals surface area contributed by atoms with Crippen LogP contribution in [-0.4, -0.2) is 5.43 Å². The van der Waals surface area contributed by atoms with Crippen LogP contribution in [0.5, 0.6) is 0 Å². The first-order valence-electron chi connectivity index (χ1n) is 11.6. The Bertz CT molecular complexity index is 870. The van der Waals surface area contributed by atoms with Gasteiger partial charge in [-0.2, -0.15) is 35.4 Å². The van der Waals surface area contributed by atoms with Crippen LogP contribution in [0.3, 0.4) is 0 Å². The van der Waals surface area contributed by atoms with Crippen molar-refractivity contribution in [2.45, 2.75) is 51.6 Å². The van der Waals surface area contributed by atoms with E-state index in [0.29, 0.717) is 0 Å². The second kappa shape index (κ2) is 21.1. The molecule has 0 spiro atoms. The molecule has 0 fully saturated rings. The zero-order valence-corrected chi connectivity index (χ0v) is 25.4. The zero-order chi connectivity index (χ0) is 22.9. The molecule has 0 saturated heterocycles. The molecule has 0 bridgehead atoms. The molecular formula is C30H36Cl2SiZr-2. The van der Waals surface area contributed by atoms with Gasteiger partial charge in [-0.15, -0.1) is 0 Å². The van der Waals surface area contributed by atoms with E-state index < -0.39 is 0 Å². The Morgan fingerprint density at radius 1 is 0.559 bits per heavy atom. The van der Waals surface area contributed by atoms with Gasteiger partial charge < -0.3 is 24.8 Å². The summed E-state index contributed by atoms with van der Waals surface area (Å²) >= 11 is 1.74. The molecule has 4 heteroatoms. The third kappa shape index (κ3) is 16.4. The molecule has 4 rings (SSSR count). The van der Waals surface area contributed by atoms with Crippen molar-refractivity contribution in [2.75, 3.05) is 0 Å². The summed E-state index contributed by atoms with van der Waals surface area (Å²) in [4.78, 5) is 0. The van der Waals surface area contributed by atoms with E-state index in [1.54, 1.807) is 23.3 Å². The van der Waals surface area contributed by atoms with Gasteiger partial charge in [0.25, 0.3) is 0 Å². The number of hydrogen-bond acceptors (Lipinski definition) is 0. The second-order valence-corrected chi connectivity index (χ2v) is 17.6. The Balaban J connectivity index is 0.000000528. The molecule has 0 aliphatic heterocycles. The minimum Gasteiger partial charge on any atom is -1.00 e. The number of rotatable bonds is 8. The molecule has 0 radical (unpaired) electrons. The molecule has 0 heterocycles. The summed E-state index contributed by atoms with van der Waals surface area (Å²) in [6, 6.07) is 38.6. The van der Waals surface area contributed by atoms with E-state index in [1.807, 2.05) is 0 Å². The van der Waals surface area contributed by atoms with E-state index in [-0.39, 0.29) is 30.2 Å². The molecule has 0 amide bonds. The first-order chi connectivity index (χ1) is 15.6.